The van der Waals surface area contributed by atoms with Gasteiger partial charge in [-0.2, -0.15) is 0 Å². The third-order valence-corrected chi connectivity index (χ3v) is 7.78. The Morgan fingerprint density at radius 3 is 1.98 bits per heavy atom. The topological polar surface area (TPSA) is 219 Å². The molecule has 1 saturated carbocycles. The van der Waals surface area contributed by atoms with Gasteiger partial charge >= 0.3 is 17.9 Å². The Labute approximate surface area is 260 Å². The Bertz CT molecular complexity index is 2200. The fourth-order valence-electron chi connectivity index (χ4n) is 5.28. The summed E-state index contributed by atoms with van der Waals surface area (Å²) in [5, 5.41) is 37.8. The molecule has 244 valence electrons. The lowest BCUT2D eigenvalue weighted by atomic mass is 10.00. The van der Waals surface area contributed by atoms with Crippen LogP contribution in [0.25, 0.3) is 21.8 Å². The molecule has 0 saturated heterocycles. The lowest BCUT2D eigenvalue weighted by molar-refractivity contribution is -0.137. The summed E-state index contributed by atoms with van der Waals surface area (Å²) in [4.78, 5) is 93.7. The highest BCUT2D eigenvalue weighted by Crippen LogP contribution is 2.44. The van der Waals surface area contributed by atoms with Gasteiger partial charge in [0.25, 0.3) is 11.1 Å². The molecule has 1 fully saturated rings. The predicted molar refractivity (Wildman–Crippen MR) is 156 cm³/mol. The van der Waals surface area contributed by atoms with E-state index in [2.05, 4.69) is 0 Å². The summed E-state index contributed by atoms with van der Waals surface area (Å²) in [5.41, 5.74) is -6.18. The van der Waals surface area contributed by atoms with Gasteiger partial charge in [0.1, 0.15) is 16.9 Å². The van der Waals surface area contributed by atoms with Crippen LogP contribution >= 0.6 is 0 Å². The van der Waals surface area contributed by atoms with Gasteiger partial charge in [-0.25, -0.2) is 13.6 Å². The highest BCUT2D eigenvalue weighted by molar-refractivity contribution is 6.06. The number of halogens is 2. The van der Waals surface area contributed by atoms with Gasteiger partial charge in [-0.1, -0.05) is 0 Å². The van der Waals surface area contributed by atoms with Crippen molar-refractivity contribution in [3.8, 4) is 11.5 Å². The summed E-state index contributed by atoms with van der Waals surface area (Å²) < 4.78 is 31.8. The molecule has 5 rings (SSSR count). The number of benzene rings is 2. The first kappa shape index (κ1) is 32.5. The van der Waals surface area contributed by atoms with Crippen molar-refractivity contribution in [1.29, 1.82) is 0 Å². The molecular formula is C31H24F2N2O12. The molecule has 16 heteroatoms. The minimum absolute atomic E-state index is 0.124. The van der Waals surface area contributed by atoms with Gasteiger partial charge in [-0.05, 0) is 48.6 Å². The van der Waals surface area contributed by atoms with Crippen LogP contribution in [0.2, 0.25) is 0 Å². The number of aromatic nitrogens is 2. The number of aryl methyl sites for hydroxylation is 1. The Kier molecular flexibility index (Phi) is 8.36. The molecule has 2 heterocycles. The van der Waals surface area contributed by atoms with Crippen LogP contribution in [-0.4, -0.2) is 59.2 Å². The van der Waals surface area contributed by atoms with E-state index in [1.54, 1.807) is 0 Å². The maximum atomic E-state index is 15.6. The number of carboxylic acid groups (broad SMARTS) is 3. The zero-order chi connectivity index (χ0) is 34.5. The first-order chi connectivity index (χ1) is 22.1. The summed E-state index contributed by atoms with van der Waals surface area (Å²) in [7, 11) is 1.04. The molecule has 0 amide bonds. The maximum Gasteiger partial charge on any atom is 0.335 e. The van der Waals surface area contributed by atoms with Crippen LogP contribution in [0, 0.1) is 11.6 Å². The van der Waals surface area contributed by atoms with Gasteiger partial charge in [0.2, 0.25) is 0 Å². The van der Waals surface area contributed by atoms with Crippen molar-refractivity contribution in [1.82, 2.24) is 9.30 Å². The van der Waals surface area contributed by atoms with Gasteiger partial charge in [-0.3, -0.25) is 28.8 Å². The van der Waals surface area contributed by atoms with E-state index < -0.39 is 128 Å². The molecule has 2 aromatic carbocycles. The largest absolute Gasteiger partial charge is 0.506 e. The minimum atomic E-state index is -1.48. The fraction of sp³-hybridized carbons (Fsp3) is 0.258. The molecule has 0 unspecified atom stereocenters. The van der Waals surface area contributed by atoms with E-state index in [1.807, 2.05) is 0 Å². The number of fused-ring (bicyclic) bond motifs is 2. The number of carbonyl (C=O) groups excluding carboxylic acids is 2. The number of aliphatic carboxylic acids is 2. The van der Waals surface area contributed by atoms with Crippen LogP contribution in [0.3, 0.4) is 0 Å². The number of pyridine rings is 2. The number of hydrogen-bond donors (Lipinski definition) is 4. The molecule has 0 aliphatic heterocycles. The summed E-state index contributed by atoms with van der Waals surface area (Å²) in [5.74, 6) is -11.6. The standard InChI is InChI=1S/C31H24F2N2O12/c1-34-26-16(11-14(12-2-3-12)24(32)25(26)33)28(23(29(34)43)19(37)7-9-21(40)41)47-35-17-5-4-13(31(45)46)10-15(17)27(42)22(30(35)44)18(36)6-8-20(38)39/h4-5,10-12,42H,2-3,6-9H2,1H3,(H,38,39)(H,40,41)(H,45,46). The van der Waals surface area contributed by atoms with Crippen LogP contribution in [0.4, 0.5) is 8.78 Å². The number of carboxylic acids is 3. The number of hydrogen-bond acceptors (Lipinski definition) is 9. The average Bonchev–Trinajstić information content (AvgIpc) is 3.86. The second-order valence-corrected chi connectivity index (χ2v) is 10.9. The third kappa shape index (κ3) is 5.80. The van der Waals surface area contributed by atoms with Crippen molar-refractivity contribution >= 4 is 51.3 Å². The summed E-state index contributed by atoms with van der Waals surface area (Å²) in [6, 6.07) is 4.00. The number of Topliss-reactive ketones (excluding diaryl/α,β-unsaturated/α-hetero) is 2. The fourth-order valence-corrected chi connectivity index (χ4v) is 5.28. The Balaban J connectivity index is 1.89. The Morgan fingerprint density at radius 2 is 1.43 bits per heavy atom. The van der Waals surface area contributed by atoms with Crippen molar-refractivity contribution in [3.05, 3.63) is 78.9 Å². The number of ketones is 2. The second kappa shape index (κ2) is 12.1. The molecule has 0 atom stereocenters. The van der Waals surface area contributed by atoms with Gasteiger partial charge in [0, 0.05) is 30.7 Å². The molecule has 2 aromatic heterocycles. The van der Waals surface area contributed by atoms with Crippen molar-refractivity contribution in [3.63, 3.8) is 0 Å². The molecule has 1 aliphatic rings. The second-order valence-electron chi connectivity index (χ2n) is 10.9. The SMILES string of the molecule is Cn1c(=O)c(C(=O)CCC(=O)O)c(On2c(=O)c(C(=O)CCC(=O)O)c(O)c3cc(C(=O)O)ccc32)c2cc(C3CC3)c(F)c(F)c21. The van der Waals surface area contributed by atoms with Crippen LogP contribution in [-0.2, 0) is 16.6 Å². The van der Waals surface area contributed by atoms with Crippen LogP contribution in [0.5, 0.6) is 11.5 Å². The van der Waals surface area contributed by atoms with E-state index in [9.17, 15) is 43.8 Å². The molecule has 0 spiro atoms. The molecule has 4 aromatic rings. The summed E-state index contributed by atoms with van der Waals surface area (Å²) in [6.07, 6.45) is -2.06. The Hall–Kier alpha value is -5.93. The van der Waals surface area contributed by atoms with Gasteiger partial charge in [-0.15, -0.1) is 4.73 Å². The molecule has 4 N–H and O–H groups in total. The van der Waals surface area contributed by atoms with Crippen LogP contribution in [0.1, 0.15) is 81.1 Å². The highest BCUT2D eigenvalue weighted by Gasteiger charge is 2.34. The van der Waals surface area contributed by atoms with Crippen LogP contribution < -0.4 is 16.0 Å². The number of nitrogens with zero attached hydrogens (tertiary/aromatic N) is 2. The van der Waals surface area contributed by atoms with E-state index >= 15 is 8.78 Å². The highest BCUT2D eigenvalue weighted by atomic mass is 19.2. The third-order valence-electron chi connectivity index (χ3n) is 7.78. The normalized spacial score (nSPS) is 12.7. The quantitative estimate of drug-likeness (QED) is 0.162. The summed E-state index contributed by atoms with van der Waals surface area (Å²) >= 11 is 0. The van der Waals surface area contributed by atoms with E-state index in [0.29, 0.717) is 22.1 Å². The first-order valence-corrected chi connectivity index (χ1v) is 14.0. The van der Waals surface area contributed by atoms with Crippen molar-refractivity contribution < 1.29 is 58.0 Å². The molecule has 14 nitrogen and oxygen atoms in total. The number of aromatic carboxylic acids is 1. The van der Waals surface area contributed by atoms with Crippen molar-refractivity contribution in [2.45, 2.75) is 44.4 Å². The van der Waals surface area contributed by atoms with Gasteiger partial charge < -0.3 is 29.8 Å². The molecular weight excluding hydrogens is 630 g/mol. The van der Waals surface area contributed by atoms with E-state index in [4.69, 9.17) is 15.1 Å². The first-order valence-electron chi connectivity index (χ1n) is 14.0. The van der Waals surface area contributed by atoms with E-state index in [-0.39, 0.29) is 10.9 Å². The van der Waals surface area contributed by atoms with Crippen molar-refractivity contribution in [2.24, 2.45) is 7.05 Å². The lowest BCUT2D eigenvalue weighted by Gasteiger charge is -2.20. The van der Waals surface area contributed by atoms with Gasteiger partial charge in [0.15, 0.2) is 29.0 Å². The van der Waals surface area contributed by atoms with E-state index in [1.165, 1.54) is 0 Å². The van der Waals surface area contributed by atoms with Crippen LogP contribution in [0.15, 0.2) is 33.9 Å². The molecule has 1 aliphatic carbocycles. The smallest absolute Gasteiger partial charge is 0.335 e. The average molecular weight is 655 g/mol. The zero-order valence-electron chi connectivity index (χ0n) is 24.3. The number of aromatic hydroxyl groups is 1. The van der Waals surface area contributed by atoms with Crippen molar-refractivity contribution in [2.75, 3.05) is 0 Å². The molecule has 0 bridgehead atoms. The Morgan fingerprint density at radius 1 is 0.830 bits per heavy atom. The molecule has 0 radical (unpaired) electrons. The summed E-state index contributed by atoms with van der Waals surface area (Å²) in [6.45, 7) is 0. The van der Waals surface area contributed by atoms with E-state index in [0.717, 1.165) is 31.3 Å². The van der Waals surface area contributed by atoms with Gasteiger partial charge in [0.05, 0.1) is 29.4 Å². The minimum Gasteiger partial charge on any atom is -0.506 e. The number of rotatable bonds is 12. The predicted octanol–water partition coefficient (Wildman–Crippen LogP) is 3.35. The zero-order valence-corrected chi connectivity index (χ0v) is 24.3. The number of carbonyl (C=O) groups is 5. The lowest BCUT2D eigenvalue weighted by Crippen LogP contribution is -2.33. The maximum absolute atomic E-state index is 15.6. The molecule has 47 heavy (non-hydrogen) atoms. The monoisotopic (exact) mass is 654 g/mol.